The quantitative estimate of drug-likeness (QED) is 0.191. The van der Waals surface area contributed by atoms with Crippen LogP contribution in [-0.2, 0) is 9.53 Å². The molecule has 2 aromatic carbocycles. The summed E-state index contributed by atoms with van der Waals surface area (Å²) in [5.41, 5.74) is 2.70. The Hall–Kier alpha value is -4.77. The summed E-state index contributed by atoms with van der Waals surface area (Å²) in [5, 5.41) is 11.2. The normalized spacial score (nSPS) is 15.0. The third-order valence-corrected chi connectivity index (χ3v) is 7.47. The van der Waals surface area contributed by atoms with Crippen molar-refractivity contribution in [1.29, 1.82) is 0 Å². The largest absolute Gasteiger partial charge is 0.463 e. The van der Waals surface area contributed by atoms with Crippen LogP contribution in [0.4, 0.5) is 11.4 Å². The first kappa shape index (κ1) is 26.8. The van der Waals surface area contributed by atoms with Gasteiger partial charge >= 0.3 is 5.97 Å². The van der Waals surface area contributed by atoms with Crippen molar-refractivity contribution < 1.29 is 18.9 Å². The molecule has 0 N–H and O–H groups in total. The highest BCUT2D eigenvalue weighted by Crippen LogP contribution is 2.32. The lowest BCUT2D eigenvalue weighted by atomic mass is 9.95. The van der Waals surface area contributed by atoms with Gasteiger partial charge in [0.05, 0.1) is 33.4 Å². The number of non-ortho nitro benzene ring substituents is 1. The Morgan fingerprint density at radius 1 is 1.20 bits per heavy atom. The summed E-state index contributed by atoms with van der Waals surface area (Å²) >= 11 is 1.19. The molecule has 0 amide bonds. The Morgan fingerprint density at radius 3 is 2.62 bits per heavy atom. The zero-order valence-electron chi connectivity index (χ0n) is 22.3. The first-order chi connectivity index (χ1) is 19.2. The number of carbonyl (C=O) groups is 1. The van der Waals surface area contributed by atoms with Crippen LogP contribution in [0.25, 0.3) is 17.4 Å². The molecule has 1 atom stereocenters. The van der Waals surface area contributed by atoms with E-state index in [2.05, 4.69) is 4.99 Å². The number of esters is 1. The molecule has 1 aliphatic rings. The monoisotopic (exact) mass is 558 g/mol. The Labute approximate surface area is 232 Å². The van der Waals surface area contributed by atoms with Crippen LogP contribution in [0.2, 0.25) is 0 Å². The molecule has 0 saturated carbocycles. The van der Waals surface area contributed by atoms with E-state index in [-0.39, 0.29) is 17.9 Å². The van der Waals surface area contributed by atoms with Crippen LogP contribution < -0.4 is 19.8 Å². The minimum absolute atomic E-state index is 0.0462. The summed E-state index contributed by atoms with van der Waals surface area (Å²) < 4.78 is 13.2. The van der Waals surface area contributed by atoms with Crippen LogP contribution in [0.1, 0.15) is 31.2 Å². The zero-order chi connectivity index (χ0) is 28.6. The minimum atomic E-state index is -0.717. The molecule has 40 heavy (non-hydrogen) atoms. The van der Waals surface area contributed by atoms with Crippen molar-refractivity contribution in [1.82, 2.24) is 4.57 Å². The molecule has 0 bridgehead atoms. The summed E-state index contributed by atoms with van der Waals surface area (Å²) in [6.45, 7) is 3.66. The number of thiazole rings is 1. The SMILES string of the molecule is CCOC(=O)C1=C(C)N=c2s/c(=C\c3ccc(-c4cccc([N+](=O)[O-])c4)o3)c(=O)n2C1c1ccc(N(C)C)cc1. The van der Waals surface area contributed by atoms with Gasteiger partial charge in [0.2, 0.25) is 0 Å². The second-order valence-corrected chi connectivity index (χ2v) is 10.3. The van der Waals surface area contributed by atoms with Gasteiger partial charge in [-0.2, -0.15) is 0 Å². The number of allylic oxidation sites excluding steroid dienone is 1. The van der Waals surface area contributed by atoms with Gasteiger partial charge in [-0.05, 0) is 43.7 Å². The maximum atomic E-state index is 13.8. The Bertz CT molecular complexity index is 1830. The van der Waals surface area contributed by atoms with Crippen LogP contribution in [0, 0.1) is 10.1 Å². The molecule has 4 aromatic rings. The highest BCUT2D eigenvalue weighted by molar-refractivity contribution is 7.07. The molecule has 1 unspecified atom stereocenters. The summed E-state index contributed by atoms with van der Waals surface area (Å²) in [6.07, 6.45) is 1.61. The van der Waals surface area contributed by atoms with Crippen LogP contribution in [-0.4, -0.2) is 36.2 Å². The average Bonchev–Trinajstić information content (AvgIpc) is 3.52. The fourth-order valence-electron chi connectivity index (χ4n) is 4.55. The van der Waals surface area contributed by atoms with Crippen LogP contribution in [0.3, 0.4) is 0 Å². The molecule has 11 heteroatoms. The fourth-order valence-corrected chi connectivity index (χ4v) is 5.58. The zero-order valence-corrected chi connectivity index (χ0v) is 23.1. The van der Waals surface area contributed by atoms with E-state index in [0.717, 1.165) is 11.3 Å². The van der Waals surface area contributed by atoms with Crippen molar-refractivity contribution >= 4 is 34.8 Å². The number of nitro groups is 1. The third kappa shape index (κ3) is 4.98. The second-order valence-electron chi connectivity index (χ2n) is 9.30. The van der Waals surface area contributed by atoms with E-state index in [0.29, 0.717) is 37.7 Å². The number of anilines is 1. The van der Waals surface area contributed by atoms with E-state index in [4.69, 9.17) is 9.15 Å². The van der Waals surface area contributed by atoms with Gasteiger partial charge < -0.3 is 14.1 Å². The van der Waals surface area contributed by atoms with Crippen LogP contribution in [0.15, 0.2) is 86.1 Å². The topological polar surface area (TPSA) is 120 Å². The lowest BCUT2D eigenvalue weighted by Gasteiger charge is -2.25. The Balaban J connectivity index is 1.61. The molecule has 3 heterocycles. The number of carbonyl (C=O) groups excluding carboxylic acids is 1. The Morgan fingerprint density at radius 2 is 1.95 bits per heavy atom. The maximum Gasteiger partial charge on any atom is 0.338 e. The molecule has 0 saturated heterocycles. The van der Waals surface area contributed by atoms with Gasteiger partial charge in [0, 0.05) is 43.6 Å². The number of furan rings is 1. The molecule has 0 spiro atoms. The molecule has 0 radical (unpaired) electrons. The van der Waals surface area contributed by atoms with Gasteiger partial charge in [0.25, 0.3) is 11.2 Å². The summed E-state index contributed by atoms with van der Waals surface area (Å²) in [7, 11) is 3.87. The van der Waals surface area contributed by atoms with Gasteiger partial charge in [-0.3, -0.25) is 19.5 Å². The maximum absolute atomic E-state index is 13.8. The highest BCUT2D eigenvalue weighted by atomic mass is 32.1. The lowest BCUT2D eigenvalue weighted by molar-refractivity contribution is -0.384. The van der Waals surface area contributed by atoms with Crippen molar-refractivity contribution in [3.8, 4) is 11.3 Å². The van der Waals surface area contributed by atoms with E-state index >= 15 is 0 Å². The van der Waals surface area contributed by atoms with Crippen LogP contribution in [0.5, 0.6) is 0 Å². The first-order valence-electron chi connectivity index (χ1n) is 12.5. The molecule has 204 valence electrons. The number of fused-ring (bicyclic) bond motifs is 1. The van der Waals surface area contributed by atoms with E-state index in [1.807, 2.05) is 43.3 Å². The Kier molecular flexibility index (Phi) is 7.22. The van der Waals surface area contributed by atoms with E-state index in [9.17, 15) is 19.7 Å². The summed E-state index contributed by atoms with van der Waals surface area (Å²) in [6, 6.07) is 16.5. The number of nitrogens with zero attached hydrogens (tertiary/aromatic N) is 4. The van der Waals surface area contributed by atoms with Crippen molar-refractivity contribution in [2.24, 2.45) is 4.99 Å². The summed E-state index contributed by atoms with van der Waals surface area (Å²) in [5.74, 6) is 0.314. The summed E-state index contributed by atoms with van der Waals surface area (Å²) in [4.78, 5) is 44.6. The number of rotatable bonds is 7. The standard InChI is InChI=1S/C29H26N4O6S/c1-5-38-28(35)25-17(2)30-29-32(26(25)18-9-11-20(12-10-18)31(3)4)27(34)24(40-29)16-22-13-14-23(39-22)19-7-6-8-21(15-19)33(36)37/h6-16,26H,5H2,1-4H3/b24-16-. The van der Waals surface area contributed by atoms with Gasteiger partial charge in [-0.15, -0.1) is 0 Å². The van der Waals surface area contributed by atoms with Crippen molar-refractivity contribution in [2.45, 2.75) is 19.9 Å². The molecule has 1 aliphatic heterocycles. The number of hydrogen-bond donors (Lipinski definition) is 0. The van der Waals surface area contributed by atoms with Gasteiger partial charge in [0.15, 0.2) is 4.80 Å². The van der Waals surface area contributed by atoms with Crippen molar-refractivity contribution in [3.05, 3.63) is 113 Å². The third-order valence-electron chi connectivity index (χ3n) is 6.48. The van der Waals surface area contributed by atoms with Gasteiger partial charge in [-0.25, -0.2) is 9.79 Å². The van der Waals surface area contributed by atoms with E-state index in [1.165, 1.54) is 28.0 Å². The average molecular weight is 559 g/mol. The predicted octanol–water partition coefficient (Wildman–Crippen LogP) is 4.03. The van der Waals surface area contributed by atoms with Gasteiger partial charge in [0.1, 0.15) is 11.5 Å². The highest BCUT2D eigenvalue weighted by Gasteiger charge is 2.33. The number of benzene rings is 2. The second kappa shape index (κ2) is 10.8. The van der Waals surface area contributed by atoms with E-state index in [1.54, 1.807) is 44.2 Å². The molecule has 5 rings (SSSR count). The first-order valence-corrected chi connectivity index (χ1v) is 13.3. The number of aromatic nitrogens is 1. The molecule has 0 fully saturated rings. The number of nitro benzene ring substituents is 1. The van der Waals surface area contributed by atoms with Gasteiger partial charge in [-0.1, -0.05) is 35.6 Å². The molecule has 2 aromatic heterocycles. The van der Waals surface area contributed by atoms with Crippen molar-refractivity contribution in [2.75, 3.05) is 25.6 Å². The predicted molar refractivity (Wildman–Crippen MR) is 152 cm³/mol. The van der Waals surface area contributed by atoms with E-state index < -0.39 is 16.9 Å². The molecular weight excluding hydrogens is 532 g/mol. The molecule has 10 nitrogen and oxygen atoms in total. The van der Waals surface area contributed by atoms with Crippen molar-refractivity contribution in [3.63, 3.8) is 0 Å². The fraction of sp³-hybridized carbons (Fsp3) is 0.207. The smallest absolute Gasteiger partial charge is 0.338 e. The molecular formula is C29H26N4O6S. The van der Waals surface area contributed by atoms with Crippen LogP contribution >= 0.6 is 11.3 Å². The lowest BCUT2D eigenvalue weighted by Crippen LogP contribution is -2.39. The number of hydrogen-bond acceptors (Lipinski definition) is 9. The molecule has 0 aliphatic carbocycles. The minimum Gasteiger partial charge on any atom is -0.463 e. The number of ether oxygens (including phenoxy) is 1.